The van der Waals surface area contributed by atoms with E-state index in [1.54, 1.807) is 5.56 Å². The van der Waals surface area contributed by atoms with E-state index in [1.807, 2.05) is 18.2 Å². The minimum Gasteiger partial charge on any atom is -0.193 e. The van der Waals surface area contributed by atoms with Gasteiger partial charge in [-0.1, -0.05) is 62.3 Å². The van der Waals surface area contributed by atoms with Crippen molar-refractivity contribution in [2.45, 2.75) is 83.5 Å². The lowest BCUT2D eigenvalue weighted by Gasteiger charge is -2.38. The van der Waals surface area contributed by atoms with Crippen molar-refractivity contribution in [2.75, 3.05) is 0 Å². The van der Waals surface area contributed by atoms with Crippen molar-refractivity contribution in [1.82, 2.24) is 0 Å². The first-order chi connectivity index (χ1) is 13.8. The fourth-order valence-electron chi connectivity index (χ4n) is 5.50. The van der Waals surface area contributed by atoms with Crippen LogP contribution in [0.1, 0.15) is 88.2 Å². The fourth-order valence-corrected chi connectivity index (χ4v) is 5.50. The lowest BCUT2D eigenvalue weighted by molar-refractivity contribution is 0.157. The van der Waals surface area contributed by atoms with Crippen LogP contribution in [0.15, 0.2) is 48.6 Å². The van der Waals surface area contributed by atoms with Gasteiger partial charge >= 0.3 is 0 Å². The van der Waals surface area contributed by atoms with Gasteiger partial charge in [-0.2, -0.15) is 5.26 Å². The molecule has 1 aromatic carbocycles. The zero-order valence-corrected chi connectivity index (χ0v) is 17.7. The molecule has 1 heteroatoms. The van der Waals surface area contributed by atoms with Crippen LogP contribution < -0.4 is 0 Å². The van der Waals surface area contributed by atoms with Crippen LogP contribution in [0.4, 0.5) is 0 Å². The highest BCUT2D eigenvalue weighted by atomic mass is 14.4. The summed E-state index contributed by atoms with van der Waals surface area (Å²) in [5, 5.41) is 8.48. The van der Waals surface area contributed by atoms with Crippen LogP contribution in [0.2, 0.25) is 0 Å². The highest BCUT2D eigenvalue weighted by Crippen LogP contribution is 2.44. The van der Waals surface area contributed by atoms with E-state index in [4.69, 9.17) is 5.26 Å². The maximum atomic E-state index is 8.48. The summed E-state index contributed by atoms with van der Waals surface area (Å²) in [4.78, 5) is 0. The van der Waals surface area contributed by atoms with Gasteiger partial charge in [0.05, 0.1) is 6.07 Å². The van der Waals surface area contributed by atoms with Crippen molar-refractivity contribution in [3.63, 3.8) is 0 Å². The smallest absolute Gasteiger partial charge is 0.0912 e. The molecule has 0 aliphatic heterocycles. The third kappa shape index (κ3) is 6.10. The summed E-state index contributed by atoms with van der Waals surface area (Å²) >= 11 is 0. The van der Waals surface area contributed by atoms with Gasteiger partial charge in [-0.25, -0.2) is 0 Å². The Morgan fingerprint density at radius 1 is 0.893 bits per heavy atom. The molecule has 0 unspecified atom stereocenters. The molecule has 0 heterocycles. The van der Waals surface area contributed by atoms with E-state index >= 15 is 0 Å². The van der Waals surface area contributed by atoms with Gasteiger partial charge in [-0.3, -0.25) is 0 Å². The quantitative estimate of drug-likeness (QED) is 0.353. The zero-order chi connectivity index (χ0) is 19.6. The van der Waals surface area contributed by atoms with Crippen LogP contribution in [0.25, 0.3) is 0 Å². The van der Waals surface area contributed by atoms with E-state index in [2.05, 4.69) is 37.3 Å². The lowest BCUT2D eigenvalue weighted by atomic mass is 9.68. The van der Waals surface area contributed by atoms with E-state index in [0.29, 0.717) is 0 Å². The monoisotopic (exact) mass is 375 g/mol. The molecule has 0 saturated heterocycles. The summed E-state index contributed by atoms with van der Waals surface area (Å²) in [5.74, 6) is 3.71. The van der Waals surface area contributed by atoms with E-state index in [-0.39, 0.29) is 0 Å². The molecule has 0 radical (unpaired) electrons. The second-order valence-corrected chi connectivity index (χ2v) is 8.98. The standard InChI is InChI=1S/C27H37N/c1-2-22-9-13-24(14-10-22)26-17-19-27(20-18-26)25-15-11-23(12-16-25)8-6-4-3-5-7-21-28/h3-5,7,9-10,13-14,23,25-27H,2,6,8,11-12,15-20H2,1H3/b4-3+,7-5+. The summed E-state index contributed by atoms with van der Waals surface area (Å²) in [5.41, 5.74) is 3.04. The molecule has 0 atom stereocenters. The van der Waals surface area contributed by atoms with Gasteiger partial charge in [0.25, 0.3) is 0 Å². The second kappa shape index (κ2) is 11.3. The van der Waals surface area contributed by atoms with Crippen LogP contribution in [0, 0.1) is 29.1 Å². The molecule has 2 saturated carbocycles. The Labute approximate surface area is 172 Å². The summed E-state index contributed by atoms with van der Waals surface area (Å²) in [6, 6.07) is 11.5. The first-order valence-corrected chi connectivity index (χ1v) is 11.6. The molecule has 0 amide bonds. The first-order valence-electron chi connectivity index (χ1n) is 11.6. The molecule has 0 aromatic heterocycles. The Hall–Kier alpha value is -1.81. The average molecular weight is 376 g/mol. The SMILES string of the molecule is CCc1ccc(C2CCC(C3CCC(CC/C=C/C=C/C#N)CC3)CC2)cc1. The predicted molar refractivity (Wildman–Crippen MR) is 119 cm³/mol. The average Bonchev–Trinajstić information content (AvgIpc) is 2.77. The van der Waals surface area contributed by atoms with Gasteiger partial charge in [0.1, 0.15) is 0 Å². The maximum absolute atomic E-state index is 8.48. The number of nitriles is 1. The molecule has 0 N–H and O–H groups in total. The molecule has 2 fully saturated rings. The fraction of sp³-hybridized carbons (Fsp3) is 0.593. The van der Waals surface area contributed by atoms with Crippen LogP contribution in [0.3, 0.4) is 0 Å². The summed E-state index contributed by atoms with van der Waals surface area (Å²) in [7, 11) is 0. The number of allylic oxidation sites excluding steroid dienone is 4. The molecule has 0 spiro atoms. The largest absolute Gasteiger partial charge is 0.193 e. The molecule has 150 valence electrons. The zero-order valence-electron chi connectivity index (χ0n) is 17.7. The normalized spacial score (nSPS) is 28.6. The van der Waals surface area contributed by atoms with Crippen molar-refractivity contribution in [1.29, 1.82) is 5.26 Å². The summed E-state index contributed by atoms with van der Waals surface area (Å²) < 4.78 is 0. The maximum Gasteiger partial charge on any atom is 0.0912 e. The number of aryl methyl sites for hydroxylation is 1. The van der Waals surface area contributed by atoms with Crippen LogP contribution in [-0.2, 0) is 6.42 Å². The van der Waals surface area contributed by atoms with E-state index in [1.165, 1.54) is 69.4 Å². The molecule has 28 heavy (non-hydrogen) atoms. The van der Waals surface area contributed by atoms with Gasteiger partial charge in [0.15, 0.2) is 0 Å². The van der Waals surface area contributed by atoms with E-state index in [0.717, 1.165) is 36.5 Å². The first kappa shape index (κ1) is 20.9. The van der Waals surface area contributed by atoms with E-state index < -0.39 is 0 Å². The molecule has 0 bridgehead atoms. The third-order valence-electron chi connectivity index (χ3n) is 7.35. The predicted octanol–water partition coefficient (Wildman–Crippen LogP) is 7.75. The lowest BCUT2D eigenvalue weighted by Crippen LogP contribution is -2.25. The molecule has 1 aromatic rings. The Bertz CT molecular complexity index is 659. The Balaban J connectivity index is 1.36. The topological polar surface area (TPSA) is 23.8 Å². The van der Waals surface area contributed by atoms with Gasteiger partial charge in [-0.05, 0) is 92.6 Å². The minimum atomic E-state index is 0.806. The molecular formula is C27H37N. The van der Waals surface area contributed by atoms with Gasteiger partial charge in [0, 0.05) is 6.08 Å². The van der Waals surface area contributed by atoms with Crippen LogP contribution in [0.5, 0.6) is 0 Å². The number of hydrogen-bond acceptors (Lipinski definition) is 1. The van der Waals surface area contributed by atoms with Crippen molar-refractivity contribution in [3.8, 4) is 6.07 Å². The highest BCUT2D eigenvalue weighted by molar-refractivity contribution is 5.25. The Morgan fingerprint density at radius 3 is 2.14 bits per heavy atom. The molecular weight excluding hydrogens is 338 g/mol. The second-order valence-electron chi connectivity index (χ2n) is 8.98. The molecule has 3 rings (SSSR count). The van der Waals surface area contributed by atoms with Gasteiger partial charge in [0.2, 0.25) is 0 Å². The van der Waals surface area contributed by atoms with Crippen LogP contribution in [-0.4, -0.2) is 0 Å². The number of benzene rings is 1. The summed E-state index contributed by atoms with van der Waals surface area (Å²) in [6.07, 6.45) is 22.7. The Kier molecular flexibility index (Phi) is 8.41. The summed E-state index contributed by atoms with van der Waals surface area (Å²) in [6.45, 7) is 2.24. The number of nitrogens with zero attached hydrogens (tertiary/aromatic N) is 1. The highest BCUT2D eigenvalue weighted by Gasteiger charge is 2.31. The van der Waals surface area contributed by atoms with Crippen molar-refractivity contribution in [3.05, 3.63) is 59.7 Å². The molecule has 2 aliphatic rings. The van der Waals surface area contributed by atoms with Gasteiger partial charge < -0.3 is 0 Å². The molecule has 2 aliphatic carbocycles. The number of hydrogen-bond donors (Lipinski definition) is 0. The van der Waals surface area contributed by atoms with Crippen molar-refractivity contribution < 1.29 is 0 Å². The van der Waals surface area contributed by atoms with Crippen LogP contribution >= 0.6 is 0 Å². The Morgan fingerprint density at radius 2 is 1.54 bits per heavy atom. The number of rotatable bonds is 7. The minimum absolute atomic E-state index is 0.806. The third-order valence-corrected chi connectivity index (χ3v) is 7.35. The van der Waals surface area contributed by atoms with Crippen molar-refractivity contribution in [2.24, 2.45) is 17.8 Å². The molecule has 1 nitrogen and oxygen atoms in total. The van der Waals surface area contributed by atoms with E-state index in [9.17, 15) is 0 Å². The van der Waals surface area contributed by atoms with Gasteiger partial charge in [-0.15, -0.1) is 0 Å². The van der Waals surface area contributed by atoms with Crippen molar-refractivity contribution >= 4 is 0 Å².